The van der Waals surface area contributed by atoms with Gasteiger partial charge < -0.3 is 9.42 Å². The monoisotopic (exact) mass is 379 g/mol. The summed E-state index contributed by atoms with van der Waals surface area (Å²) in [6, 6.07) is 7.36. The van der Waals surface area contributed by atoms with Crippen molar-refractivity contribution >= 4 is 0 Å². The number of likely N-dealkylation sites (tertiary alicyclic amines) is 1. The van der Waals surface area contributed by atoms with Gasteiger partial charge in [0, 0.05) is 49.6 Å². The zero-order chi connectivity index (χ0) is 19.3. The summed E-state index contributed by atoms with van der Waals surface area (Å²) < 4.78 is 7.02. The minimum absolute atomic E-state index is 0.00280. The van der Waals surface area contributed by atoms with Crippen molar-refractivity contribution in [3.05, 3.63) is 64.8 Å². The molecule has 1 fully saturated rings. The van der Waals surface area contributed by atoms with E-state index in [0.717, 1.165) is 62.5 Å². The van der Waals surface area contributed by atoms with Crippen LogP contribution in [0.3, 0.4) is 0 Å². The maximum Gasteiger partial charge on any atom is 0.253 e. The Morgan fingerprint density at radius 3 is 2.79 bits per heavy atom. The molecule has 0 radical (unpaired) electrons. The van der Waals surface area contributed by atoms with Gasteiger partial charge in [0.2, 0.25) is 0 Å². The Morgan fingerprint density at radius 1 is 1.25 bits per heavy atom. The van der Waals surface area contributed by atoms with Crippen molar-refractivity contribution in [1.82, 2.24) is 24.6 Å². The predicted octanol–water partition coefficient (Wildman–Crippen LogP) is 2.56. The van der Waals surface area contributed by atoms with Crippen LogP contribution in [0.4, 0.5) is 0 Å². The van der Waals surface area contributed by atoms with E-state index in [4.69, 9.17) is 4.52 Å². The summed E-state index contributed by atoms with van der Waals surface area (Å²) in [6.07, 6.45) is 8.18. The molecule has 3 aromatic heterocycles. The molecular formula is C21H25N5O2. The highest BCUT2D eigenvalue weighted by Gasteiger charge is 2.20. The zero-order valence-electron chi connectivity index (χ0n) is 16.1. The summed E-state index contributed by atoms with van der Waals surface area (Å²) in [5, 5.41) is 3.94. The summed E-state index contributed by atoms with van der Waals surface area (Å²) in [6.45, 7) is 5.76. The molecule has 1 aliphatic heterocycles. The highest BCUT2D eigenvalue weighted by Crippen LogP contribution is 2.19. The van der Waals surface area contributed by atoms with E-state index in [-0.39, 0.29) is 5.56 Å². The van der Waals surface area contributed by atoms with Crippen LogP contribution in [0.5, 0.6) is 0 Å². The van der Waals surface area contributed by atoms with Gasteiger partial charge in [0.1, 0.15) is 5.76 Å². The van der Waals surface area contributed by atoms with Crippen LogP contribution in [-0.2, 0) is 13.0 Å². The van der Waals surface area contributed by atoms with Gasteiger partial charge in [-0.3, -0.25) is 14.3 Å². The number of rotatable bonds is 6. The summed E-state index contributed by atoms with van der Waals surface area (Å²) in [5.41, 5.74) is 2.47. The number of aromatic nitrogens is 4. The first kappa shape index (κ1) is 18.6. The van der Waals surface area contributed by atoms with Crippen molar-refractivity contribution < 1.29 is 4.52 Å². The molecule has 0 saturated carbocycles. The number of piperidine rings is 1. The maximum absolute atomic E-state index is 12.5. The molecule has 1 saturated heterocycles. The lowest BCUT2D eigenvalue weighted by Gasteiger charge is -2.31. The molecule has 0 unspecified atom stereocenters. The maximum atomic E-state index is 12.5. The largest absolute Gasteiger partial charge is 0.361 e. The highest BCUT2D eigenvalue weighted by molar-refractivity contribution is 5.56. The first-order valence-corrected chi connectivity index (χ1v) is 9.79. The van der Waals surface area contributed by atoms with E-state index in [1.54, 1.807) is 29.4 Å². The van der Waals surface area contributed by atoms with E-state index in [0.29, 0.717) is 11.6 Å². The molecule has 0 N–H and O–H groups in total. The summed E-state index contributed by atoms with van der Waals surface area (Å²) in [4.78, 5) is 23.5. The zero-order valence-corrected chi connectivity index (χ0v) is 16.1. The van der Waals surface area contributed by atoms with Gasteiger partial charge in [0.15, 0.2) is 0 Å². The molecule has 146 valence electrons. The lowest BCUT2D eigenvalue weighted by molar-refractivity contribution is 0.171. The third-order valence-corrected chi connectivity index (χ3v) is 5.35. The Bertz CT molecular complexity index is 958. The van der Waals surface area contributed by atoms with Crippen LogP contribution in [0.1, 0.15) is 24.3 Å². The molecule has 0 aliphatic carbocycles. The Morgan fingerprint density at radius 2 is 2.11 bits per heavy atom. The Balaban J connectivity index is 1.29. The first-order valence-electron chi connectivity index (χ1n) is 9.79. The van der Waals surface area contributed by atoms with E-state index in [1.165, 1.54) is 0 Å². The van der Waals surface area contributed by atoms with Crippen LogP contribution in [0, 0.1) is 12.8 Å². The number of pyridine rings is 1. The van der Waals surface area contributed by atoms with Crippen LogP contribution < -0.4 is 5.56 Å². The minimum atomic E-state index is -0.00280. The van der Waals surface area contributed by atoms with Gasteiger partial charge >= 0.3 is 0 Å². The molecule has 7 heteroatoms. The average molecular weight is 379 g/mol. The molecule has 0 aromatic carbocycles. The number of aryl methyl sites for hydroxylation is 1. The standard InChI is InChI=1S/C21H25N5O2/c1-16-11-19(28-24-16)6-10-25-8-4-17(5-9-25)14-26-15-23-20(12-21(26)27)18-3-2-7-22-13-18/h2-3,7,11-13,15,17H,4-6,8-10,14H2,1H3. The van der Waals surface area contributed by atoms with E-state index >= 15 is 0 Å². The smallest absolute Gasteiger partial charge is 0.253 e. The fraction of sp³-hybridized carbons (Fsp3) is 0.429. The quantitative estimate of drug-likeness (QED) is 0.655. The third-order valence-electron chi connectivity index (χ3n) is 5.35. The molecule has 3 aromatic rings. The molecule has 7 nitrogen and oxygen atoms in total. The summed E-state index contributed by atoms with van der Waals surface area (Å²) in [7, 11) is 0. The van der Waals surface area contributed by atoms with Gasteiger partial charge in [0.05, 0.1) is 17.7 Å². The first-order chi connectivity index (χ1) is 13.7. The second kappa shape index (κ2) is 8.48. The highest BCUT2D eigenvalue weighted by atomic mass is 16.5. The molecule has 4 heterocycles. The van der Waals surface area contributed by atoms with Crippen molar-refractivity contribution in [1.29, 1.82) is 0 Å². The van der Waals surface area contributed by atoms with E-state index in [1.807, 2.05) is 25.1 Å². The van der Waals surface area contributed by atoms with Crippen molar-refractivity contribution in [2.24, 2.45) is 5.92 Å². The summed E-state index contributed by atoms with van der Waals surface area (Å²) in [5.74, 6) is 1.46. The van der Waals surface area contributed by atoms with Crippen molar-refractivity contribution in [2.45, 2.75) is 32.7 Å². The average Bonchev–Trinajstić information content (AvgIpc) is 3.15. The van der Waals surface area contributed by atoms with Crippen LogP contribution in [-0.4, -0.2) is 44.2 Å². The molecule has 0 bridgehead atoms. The minimum Gasteiger partial charge on any atom is -0.361 e. The lowest BCUT2D eigenvalue weighted by atomic mass is 9.96. The van der Waals surface area contributed by atoms with E-state index in [2.05, 4.69) is 20.0 Å². The number of hydrogen-bond acceptors (Lipinski definition) is 6. The number of hydrogen-bond donors (Lipinski definition) is 0. The van der Waals surface area contributed by atoms with Gasteiger partial charge in [-0.15, -0.1) is 0 Å². The van der Waals surface area contributed by atoms with Crippen molar-refractivity contribution in [3.63, 3.8) is 0 Å². The fourth-order valence-corrected chi connectivity index (χ4v) is 3.71. The molecule has 0 amide bonds. The van der Waals surface area contributed by atoms with Crippen molar-refractivity contribution in [2.75, 3.05) is 19.6 Å². The Kier molecular flexibility index (Phi) is 5.62. The van der Waals surface area contributed by atoms with Crippen LogP contribution >= 0.6 is 0 Å². The van der Waals surface area contributed by atoms with Gasteiger partial charge in [-0.2, -0.15) is 0 Å². The van der Waals surface area contributed by atoms with E-state index in [9.17, 15) is 4.79 Å². The second-order valence-electron chi connectivity index (χ2n) is 7.48. The Labute approximate surface area is 164 Å². The topological polar surface area (TPSA) is 77.0 Å². The SMILES string of the molecule is Cc1cc(CCN2CCC(Cn3cnc(-c4cccnc4)cc3=O)CC2)on1. The molecule has 0 atom stereocenters. The van der Waals surface area contributed by atoms with Gasteiger partial charge in [-0.05, 0) is 50.9 Å². The van der Waals surface area contributed by atoms with Gasteiger partial charge in [-0.25, -0.2) is 4.98 Å². The van der Waals surface area contributed by atoms with Crippen LogP contribution in [0.15, 0.2) is 52.3 Å². The van der Waals surface area contributed by atoms with Crippen LogP contribution in [0.2, 0.25) is 0 Å². The molecule has 1 aliphatic rings. The molecule has 0 spiro atoms. The van der Waals surface area contributed by atoms with Gasteiger partial charge in [-0.1, -0.05) is 5.16 Å². The molecular weight excluding hydrogens is 354 g/mol. The van der Waals surface area contributed by atoms with Gasteiger partial charge in [0.25, 0.3) is 5.56 Å². The molecule has 28 heavy (non-hydrogen) atoms. The normalized spacial score (nSPS) is 15.8. The number of nitrogens with zero attached hydrogens (tertiary/aromatic N) is 5. The summed E-state index contributed by atoms with van der Waals surface area (Å²) >= 11 is 0. The Hall–Kier alpha value is -2.80. The van der Waals surface area contributed by atoms with Crippen LogP contribution in [0.25, 0.3) is 11.3 Å². The third kappa shape index (κ3) is 4.54. The fourth-order valence-electron chi connectivity index (χ4n) is 3.71. The van der Waals surface area contributed by atoms with E-state index < -0.39 is 0 Å². The predicted molar refractivity (Wildman–Crippen MR) is 106 cm³/mol. The molecule has 4 rings (SSSR count). The second-order valence-corrected chi connectivity index (χ2v) is 7.48. The van der Waals surface area contributed by atoms with Crippen molar-refractivity contribution in [3.8, 4) is 11.3 Å². The lowest BCUT2D eigenvalue weighted by Crippen LogP contribution is -2.37.